The fourth-order valence-electron chi connectivity index (χ4n) is 3.62. The summed E-state index contributed by atoms with van der Waals surface area (Å²) in [6.45, 7) is 1.79. The summed E-state index contributed by atoms with van der Waals surface area (Å²) in [5.74, 6) is -0.228. The fourth-order valence-corrected chi connectivity index (χ4v) is 3.62. The Bertz CT molecular complexity index is 1220. The van der Waals surface area contributed by atoms with Gasteiger partial charge in [-0.25, -0.2) is 4.68 Å². The Kier molecular flexibility index (Phi) is 4.60. The monoisotopic (exact) mass is 403 g/mol. The van der Waals surface area contributed by atoms with Crippen molar-refractivity contribution in [2.75, 3.05) is 7.11 Å². The number of para-hydroxylation sites is 1. The molecule has 1 aliphatic rings. The number of nitriles is 1. The minimum absolute atomic E-state index is 0.0643. The Morgan fingerprint density at radius 3 is 2.67 bits per heavy atom. The van der Waals surface area contributed by atoms with Crippen molar-refractivity contribution in [3.05, 3.63) is 86.9 Å². The van der Waals surface area contributed by atoms with Gasteiger partial charge in [-0.15, -0.1) is 0 Å². The highest BCUT2D eigenvalue weighted by molar-refractivity contribution is 5.60. The molecule has 0 radical (unpaired) electrons. The standard InChI is InChI=1S/C21H17N5O4/c1-12-18-19(13-8-9-17(29-2)16(10-13)26(27)28)15(11-22)20(23)30-21(18)25(24-12)14-6-4-3-5-7-14/h3-10,19H,23H2,1-2H3/t19-/m1/s1. The van der Waals surface area contributed by atoms with Gasteiger partial charge >= 0.3 is 5.69 Å². The molecule has 9 heteroatoms. The lowest BCUT2D eigenvalue weighted by molar-refractivity contribution is -0.385. The summed E-state index contributed by atoms with van der Waals surface area (Å²) in [5.41, 5.74) is 8.57. The summed E-state index contributed by atoms with van der Waals surface area (Å²) in [4.78, 5) is 11.0. The van der Waals surface area contributed by atoms with Gasteiger partial charge in [-0.1, -0.05) is 24.3 Å². The molecule has 1 aromatic heterocycles. The highest BCUT2D eigenvalue weighted by atomic mass is 16.6. The van der Waals surface area contributed by atoms with E-state index >= 15 is 0 Å². The van der Waals surface area contributed by atoms with Crippen LogP contribution in [0.5, 0.6) is 11.6 Å². The Morgan fingerprint density at radius 1 is 1.30 bits per heavy atom. The van der Waals surface area contributed by atoms with Gasteiger partial charge in [0.1, 0.15) is 11.6 Å². The van der Waals surface area contributed by atoms with E-state index in [0.29, 0.717) is 22.7 Å². The summed E-state index contributed by atoms with van der Waals surface area (Å²) in [5, 5.41) is 25.8. The average Bonchev–Trinajstić information content (AvgIpc) is 3.08. The average molecular weight is 403 g/mol. The van der Waals surface area contributed by atoms with Gasteiger partial charge in [0.2, 0.25) is 11.8 Å². The van der Waals surface area contributed by atoms with Crippen molar-refractivity contribution in [1.82, 2.24) is 9.78 Å². The smallest absolute Gasteiger partial charge is 0.311 e. The maximum atomic E-state index is 11.5. The van der Waals surface area contributed by atoms with E-state index in [-0.39, 0.29) is 22.9 Å². The molecule has 2 aromatic carbocycles. The maximum Gasteiger partial charge on any atom is 0.311 e. The first kappa shape index (κ1) is 19.0. The third kappa shape index (κ3) is 2.91. The zero-order chi connectivity index (χ0) is 21.4. The molecule has 0 amide bonds. The van der Waals surface area contributed by atoms with Crippen LogP contribution in [-0.4, -0.2) is 21.8 Å². The molecule has 0 spiro atoms. The zero-order valence-corrected chi connectivity index (χ0v) is 16.2. The molecule has 0 unspecified atom stereocenters. The number of ether oxygens (including phenoxy) is 2. The number of hydrogen-bond donors (Lipinski definition) is 1. The number of fused-ring (bicyclic) bond motifs is 1. The first-order chi connectivity index (χ1) is 14.5. The van der Waals surface area contributed by atoms with E-state index in [1.54, 1.807) is 17.7 Å². The molecule has 0 bridgehead atoms. The number of nitro benzene ring substituents is 1. The summed E-state index contributed by atoms with van der Waals surface area (Å²) < 4.78 is 12.5. The number of rotatable bonds is 4. The van der Waals surface area contributed by atoms with Crippen molar-refractivity contribution in [3.8, 4) is 23.4 Å². The Hall–Kier alpha value is -4.32. The van der Waals surface area contributed by atoms with E-state index in [4.69, 9.17) is 15.2 Å². The molecule has 4 rings (SSSR count). The van der Waals surface area contributed by atoms with Gasteiger partial charge in [-0.2, -0.15) is 10.4 Å². The summed E-state index contributed by atoms with van der Waals surface area (Å²) in [6.07, 6.45) is 0. The van der Waals surface area contributed by atoms with Gasteiger partial charge in [-0.05, 0) is 30.7 Å². The molecule has 0 aliphatic carbocycles. The summed E-state index contributed by atoms with van der Waals surface area (Å²) in [6, 6.07) is 16.0. The summed E-state index contributed by atoms with van der Waals surface area (Å²) >= 11 is 0. The highest BCUT2D eigenvalue weighted by Gasteiger charge is 2.37. The molecule has 2 heterocycles. The molecule has 1 atom stereocenters. The predicted molar refractivity (Wildman–Crippen MR) is 107 cm³/mol. The number of benzene rings is 2. The van der Waals surface area contributed by atoms with E-state index in [0.717, 1.165) is 5.69 Å². The van der Waals surface area contributed by atoms with Gasteiger partial charge < -0.3 is 15.2 Å². The van der Waals surface area contributed by atoms with Gasteiger partial charge in [0.15, 0.2) is 5.75 Å². The van der Waals surface area contributed by atoms with Crippen LogP contribution in [0.15, 0.2) is 60.0 Å². The van der Waals surface area contributed by atoms with Crippen molar-refractivity contribution in [1.29, 1.82) is 5.26 Å². The minimum atomic E-state index is -0.666. The number of methoxy groups -OCH3 is 1. The molecule has 0 saturated carbocycles. The quantitative estimate of drug-likeness (QED) is 0.522. The number of allylic oxidation sites excluding steroid dienone is 1. The SMILES string of the molecule is COc1ccc([C@@H]2C(C#N)=C(N)Oc3c2c(C)nn3-c2ccccc2)cc1[N+](=O)[O-]. The van der Waals surface area contributed by atoms with Crippen LogP contribution in [0, 0.1) is 28.4 Å². The van der Waals surface area contributed by atoms with E-state index in [1.807, 2.05) is 30.3 Å². The van der Waals surface area contributed by atoms with E-state index in [2.05, 4.69) is 11.2 Å². The van der Waals surface area contributed by atoms with Crippen LogP contribution in [0.2, 0.25) is 0 Å². The van der Waals surface area contributed by atoms with E-state index in [1.165, 1.54) is 19.2 Å². The van der Waals surface area contributed by atoms with Gasteiger partial charge in [0.05, 0.1) is 34.9 Å². The van der Waals surface area contributed by atoms with Crippen molar-refractivity contribution in [3.63, 3.8) is 0 Å². The van der Waals surface area contributed by atoms with Crippen LogP contribution in [-0.2, 0) is 0 Å². The first-order valence-electron chi connectivity index (χ1n) is 9.01. The molecule has 2 N–H and O–H groups in total. The molecule has 3 aromatic rings. The number of nitrogens with two attached hydrogens (primary N) is 1. The second-order valence-corrected chi connectivity index (χ2v) is 6.66. The molecule has 0 saturated heterocycles. The van der Waals surface area contributed by atoms with Crippen LogP contribution in [0.3, 0.4) is 0 Å². The van der Waals surface area contributed by atoms with Crippen molar-refractivity contribution >= 4 is 5.69 Å². The van der Waals surface area contributed by atoms with Crippen LogP contribution in [0.4, 0.5) is 5.69 Å². The maximum absolute atomic E-state index is 11.5. The highest BCUT2D eigenvalue weighted by Crippen LogP contribution is 2.46. The van der Waals surface area contributed by atoms with E-state index < -0.39 is 10.8 Å². The number of aryl methyl sites for hydroxylation is 1. The summed E-state index contributed by atoms with van der Waals surface area (Å²) in [7, 11) is 1.36. The third-order valence-corrected chi connectivity index (χ3v) is 4.97. The van der Waals surface area contributed by atoms with Crippen molar-refractivity contribution in [2.24, 2.45) is 5.73 Å². The van der Waals surface area contributed by atoms with Crippen LogP contribution < -0.4 is 15.2 Å². The molecule has 30 heavy (non-hydrogen) atoms. The number of nitrogens with zero attached hydrogens (tertiary/aromatic N) is 4. The second-order valence-electron chi connectivity index (χ2n) is 6.66. The lowest BCUT2D eigenvalue weighted by atomic mass is 9.84. The lowest BCUT2D eigenvalue weighted by Crippen LogP contribution is -2.22. The van der Waals surface area contributed by atoms with Gasteiger partial charge in [-0.3, -0.25) is 10.1 Å². The number of aromatic nitrogens is 2. The fraction of sp³-hybridized carbons (Fsp3) is 0.143. The molecule has 1 aliphatic heterocycles. The molecule has 0 fully saturated rings. The Morgan fingerprint density at radius 2 is 2.03 bits per heavy atom. The zero-order valence-electron chi connectivity index (χ0n) is 16.2. The minimum Gasteiger partial charge on any atom is -0.490 e. The van der Waals surface area contributed by atoms with Gasteiger partial charge in [0.25, 0.3) is 0 Å². The lowest BCUT2D eigenvalue weighted by Gasteiger charge is -2.25. The normalized spacial score (nSPS) is 15.2. The van der Waals surface area contributed by atoms with E-state index in [9.17, 15) is 15.4 Å². The number of nitro groups is 1. The largest absolute Gasteiger partial charge is 0.490 e. The molecular formula is C21H17N5O4. The number of hydrogen-bond acceptors (Lipinski definition) is 7. The Balaban J connectivity index is 1.96. The predicted octanol–water partition coefficient (Wildman–Crippen LogP) is 3.32. The Labute approximate surface area is 171 Å². The van der Waals surface area contributed by atoms with Crippen LogP contribution in [0.1, 0.15) is 22.7 Å². The first-order valence-corrected chi connectivity index (χ1v) is 9.01. The van der Waals surface area contributed by atoms with Crippen molar-refractivity contribution in [2.45, 2.75) is 12.8 Å². The van der Waals surface area contributed by atoms with Crippen LogP contribution in [0.25, 0.3) is 5.69 Å². The third-order valence-electron chi connectivity index (χ3n) is 4.97. The second kappa shape index (κ2) is 7.25. The van der Waals surface area contributed by atoms with Crippen molar-refractivity contribution < 1.29 is 14.4 Å². The molecule has 150 valence electrons. The van der Waals surface area contributed by atoms with Gasteiger partial charge in [0, 0.05) is 6.07 Å². The molecular weight excluding hydrogens is 386 g/mol. The molecule has 9 nitrogen and oxygen atoms in total. The van der Waals surface area contributed by atoms with Crippen LogP contribution >= 0.6 is 0 Å². The topological polar surface area (TPSA) is 129 Å².